The molecular weight excluding hydrogens is 320 g/mol. The number of amides is 1. The largest absolute Gasteiger partial charge is 0.384 e. The minimum Gasteiger partial charge on any atom is -0.384 e. The number of tetrazole rings is 1. The molecule has 0 spiro atoms. The Morgan fingerprint density at radius 2 is 2.08 bits per heavy atom. The molecule has 0 atom stereocenters. The highest BCUT2D eigenvalue weighted by Crippen LogP contribution is 2.28. The Balaban J connectivity index is 1.55. The zero-order valence-corrected chi connectivity index (χ0v) is 14.4. The maximum Gasteiger partial charge on any atom is 0.243 e. The second-order valence-corrected chi connectivity index (χ2v) is 6.47. The molecule has 1 amide bonds. The smallest absolute Gasteiger partial charge is 0.243 e. The van der Waals surface area contributed by atoms with Gasteiger partial charge in [0.1, 0.15) is 6.54 Å². The molecule has 134 valence electrons. The van der Waals surface area contributed by atoms with E-state index < -0.39 is 0 Å². The van der Waals surface area contributed by atoms with E-state index in [4.69, 9.17) is 4.74 Å². The highest BCUT2D eigenvalue weighted by Gasteiger charge is 2.32. The van der Waals surface area contributed by atoms with Gasteiger partial charge < -0.3 is 15.4 Å². The number of benzene rings is 1. The predicted octanol–water partition coefficient (Wildman–Crippen LogP) is 0.472. The molecule has 2 aromatic rings. The molecular formula is C17H24N6O2. The van der Waals surface area contributed by atoms with E-state index in [1.54, 1.807) is 7.11 Å². The van der Waals surface area contributed by atoms with Crippen LogP contribution in [0, 0.1) is 5.41 Å². The number of carbonyl (C=O) groups excluding carboxylic acids is 1. The molecule has 1 aromatic heterocycles. The molecule has 0 aliphatic carbocycles. The van der Waals surface area contributed by atoms with Gasteiger partial charge in [0.2, 0.25) is 11.7 Å². The van der Waals surface area contributed by atoms with Gasteiger partial charge in [-0.05, 0) is 31.1 Å². The van der Waals surface area contributed by atoms with E-state index >= 15 is 0 Å². The minimum absolute atomic E-state index is 0.000649. The van der Waals surface area contributed by atoms with E-state index in [-0.39, 0.29) is 17.9 Å². The lowest BCUT2D eigenvalue weighted by Crippen LogP contribution is -2.47. The van der Waals surface area contributed by atoms with E-state index in [1.807, 2.05) is 30.3 Å². The van der Waals surface area contributed by atoms with Crippen LogP contribution in [0.25, 0.3) is 11.4 Å². The molecule has 1 aliphatic rings. The number of carbonyl (C=O) groups is 1. The van der Waals surface area contributed by atoms with Crippen molar-refractivity contribution in [3.05, 3.63) is 30.3 Å². The van der Waals surface area contributed by atoms with Crippen molar-refractivity contribution in [1.82, 2.24) is 30.8 Å². The lowest BCUT2D eigenvalue weighted by Gasteiger charge is -2.37. The van der Waals surface area contributed by atoms with Crippen LogP contribution in [0.15, 0.2) is 30.3 Å². The van der Waals surface area contributed by atoms with E-state index in [1.165, 1.54) is 4.80 Å². The fourth-order valence-electron chi connectivity index (χ4n) is 3.12. The number of aromatic nitrogens is 4. The van der Waals surface area contributed by atoms with Crippen molar-refractivity contribution in [2.45, 2.75) is 19.4 Å². The van der Waals surface area contributed by atoms with Crippen LogP contribution in [0.2, 0.25) is 0 Å². The molecule has 8 heteroatoms. The van der Waals surface area contributed by atoms with Crippen molar-refractivity contribution in [3.63, 3.8) is 0 Å². The Kier molecular flexibility index (Phi) is 5.72. The molecule has 1 aliphatic heterocycles. The summed E-state index contributed by atoms with van der Waals surface area (Å²) in [6.07, 6.45) is 1.97. The van der Waals surface area contributed by atoms with E-state index in [9.17, 15) is 4.79 Å². The normalized spacial score (nSPS) is 16.5. The number of methoxy groups -OCH3 is 1. The van der Waals surface area contributed by atoms with Gasteiger partial charge >= 0.3 is 0 Å². The predicted molar refractivity (Wildman–Crippen MR) is 92.7 cm³/mol. The first-order valence-electron chi connectivity index (χ1n) is 8.50. The average Bonchev–Trinajstić information content (AvgIpc) is 3.10. The zero-order valence-electron chi connectivity index (χ0n) is 14.4. The Bertz CT molecular complexity index is 676. The second-order valence-electron chi connectivity index (χ2n) is 6.47. The van der Waals surface area contributed by atoms with E-state index in [0.717, 1.165) is 31.5 Å². The molecule has 0 unspecified atom stereocenters. The van der Waals surface area contributed by atoms with Crippen molar-refractivity contribution in [2.75, 3.05) is 33.4 Å². The Morgan fingerprint density at radius 1 is 1.32 bits per heavy atom. The molecule has 8 nitrogen and oxygen atoms in total. The second kappa shape index (κ2) is 8.17. The van der Waals surface area contributed by atoms with Gasteiger partial charge in [0, 0.05) is 24.6 Å². The van der Waals surface area contributed by atoms with Crippen LogP contribution in [0.4, 0.5) is 0 Å². The summed E-state index contributed by atoms with van der Waals surface area (Å²) in [4.78, 5) is 13.6. The van der Waals surface area contributed by atoms with Crippen molar-refractivity contribution in [3.8, 4) is 11.4 Å². The third kappa shape index (κ3) is 4.61. The van der Waals surface area contributed by atoms with Crippen LogP contribution in [0.3, 0.4) is 0 Å². The van der Waals surface area contributed by atoms with Crippen LogP contribution in [-0.2, 0) is 16.1 Å². The summed E-state index contributed by atoms with van der Waals surface area (Å²) in [5.74, 6) is 0.397. The van der Waals surface area contributed by atoms with Crippen LogP contribution >= 0.6 is 0 Å². The molecule has 0 bridgehead atoms. The Hall–Kier alpha value is -2.32. The van der Waals surface area contributed by atoms with E-state index in [0.29, 0.717) is 19.0 Å². The van der Waals surface area contributed by atoms with Crippen molar-refractivity contribution in [2.24, 2.45) is 5.41 Å². The summed E-state index contributed by atoms with van der Waals surface area (Å²) in [7, 11) is 1.70. The topological polar surface area (TPSA) is 94.0 Å². The van der Waals surface area contributed by atoms with Gasteiger partial charge in [0.05, 0.1) is 6.61 Å². The lowest BCUT2D eigenvalue weighted by molar-refractivity contribution is -0.123. The van der Waals surface area contributed by atoms with Gasteiger partial charge in [-0.15, -0.1) is 10.2 Å². The molecule has 1 saturated heterocycles. The number of piperidine rings is 1. The van der Waals surface area contributed by atoms with E-state index in [2.05, 4.69) is 26.0 Å². The van der Waals surface area contributed by atoms with Gasteiger partial charge in [-0.2, -0.15) is 4.80 Å². The van der Waals surface area contributed by atoms with Gasteiger partial charge in [-0.1, -0.05) is 30.3 Å². The first kappa shape index (κ1) is 17.5. The van der Waals surface area contributed by atoms with Crippen LogP contribution in [0.5, 0.6) is 0 Å². The summed E-state index contributed by atoms with van der Waals surface area (Å²) in [6, 6.07) is 9.58. The number of rotatable bonds is 7. The SMILES string of the molecule is COCC1(CNC(=O)Cn2nnc(-c3ccccc3)n2)CCNCC1. The van der Waals surface area contributed by atoms with Crippen molar-refractivity contribution < 1.29 is 9.53 Å². The summed E-state index contributed by atoms with van der Waals surface area (Å²) >= 11 is 0. The number of hydrogen-bond acceptors (Lipinski definition) is 6. The van der Waals surface area contributed by atoms with Crippen LogP contribution in [0.1, 0.15) is 12.8 Å². The molecule has 0 saturated carbocycles. The minimum atomic E-state index is -0.119. The first-order chi connectivity index (χ1) is 12.2. The number of ether oxygens (including phenoxy) is 1. The summed E-state index contributed by atoms with van der Waals surface area (Å²) in [6.45, 7) is 3.20. The summed E-state index contributed by atoms with van der Waals surface area (Å²) < 4.78 is 5.37. The molecule has 2 heterocycles. The Morgan fingerprint density at radius 3 is 2.80 bits per heavy atom. The fraction of sp³-hybridized carbons (Fsp3) is 0.529. The molecule has 2 N–H and O–H groups in total. The number of nitrogens with one attached hydrogen (secondary N) is 2. The molecule has 1 aromatic carbocycles. The van der Waals surface area contributed by atoms with Gasteiger partial charge in [0.25, 0.3) is 0 Å². The van der Waals surface area contributed by atoms with Gasteiger partial charge in [-0.3, -0.25) is 4.79 Å². The maximum absolute atomic E-state index is 12.3. The molecule has 1 fully saturated rings. The fourth-order valence-corrected chi connectivity index (χ4v) is 3.12. The quantitative estimate of drug-likeness (QED) is 0.758. The monoisotopic (exact) mass is 344 g/mol. The third-order valence-electron chi connectivity index (χ3n) is 4.55. The molecule has 25 heavy (non-hydrogen) atoms. The maximum atomic E-state index is 12.3. The van der Waals surface area contributed by atoms with Gasteiger partial charge in [0.15, 0.2) is 0 Å². The molecule has 0 radical (unpaired) electrons. The van der Waals surface area contributed by atoms with Crippen LogP contribution < -0.4 is 10.6 Å². The third-order valence-corrected chi connectivity index (χ3v) is 4.55. The zero-order chi connectivity index (χ0) is 17.5. The summed E-state index contributed by atoms with van der Waals surface area (Å²) in [5, 5.41) is 18.6. The summed E-state index contributed by atoms with van der Waals surface area (Å²) in [5.41, 5.74) is 0.878. The molecule has 3 rings (SSSR count). The Labute approximate surface area is 146 Å². The highest BCUT2D eigenvalue weighted by molar-refractivity contribution is 5.75. The standard InChI is InChI=1S/C17H24N6O2/c1-25-13-17(7-9-18-10-8-17)12-19-15(24)11-23-21-16(20-22-23)14-5-3-2-4-6-14/h2-6,18H,7-13H2,1H3,(H,19,24). The van der Waals surface area contributed by atoms with Crippen LogP contribution in [-0.4, -0.2) is 59.5 Å². The lowest BCUT2D eigenvalue weighted by atomic mass is 9.79. The van der Waals surface area contributed by atoms with Gasteiger partial charge in [-0.25, -0.2) is 0 Å². The van der Waals surface area contributed by atoms with Crippen molar-refractivity contribution >= 4 is 5.91 Å². The van der Waals surface area contributed by atoms with Crippen molar-refractivity contribution in [1.29, 1.82) is 0 Å². The highest BCUT2D eigenvalue weighted by atomic mass is 16.5. The number of hydrogen-bond donors (Lipinski definition) is 2. The number of nitrogens with zero attached hydrogens (tertiary/aromatic N) is 4. The first-order valence-corrected chi connectivity index (χ1v) is 8.50. The average molecular weight is 344 g/mol.